The number of benzene rings is 2. The molecule has 0 amide bonds. The first-order valence-electron chi connectivity index (χ1n) is 13.3. The smallest absolute Gasteiger partial charge is 0.316 e. The number of rotatable bonds is 7. The maximum Gasteiger partial charge on any atom is 0.316 e. The van der Waals surface area contributed by atoms with Crippen molar-refractivity contribution >= 4 is 11.4 Å². The van der Waals surface area contributed by atoms with E-state index in [1.165, 1.54) is 15.9 Å². The monoisotopic (exact) mass is 502 g/mol. The number of aromatic nitrogens is 2. The summed E-state index contributed by atoms with van der Waals surface area (Å²) in [4.78, 5) is 22.9. The number of hydrogen-bond acceptors (Lipinski definition) is 7. The maximum absolute atomic E-state index is 13.4. The molecule has 0 spiro atoms. The Morgan fingerprint density at radius 2 is 1.46 bits per heavy atom. The van der Waals surface area contributed by atoms with Crippen molar-refractivity contribution < 1.29 is 4.74 Å². The fourth-order valence-electron chi connectivity index (χ4n) is 5.04. The third-order valence-electron chi connectivity index (χ3n) is 7.19. The van der Waals surface area contributed by atoms with Gasteiger partial charge in [-0.2, -0.15) is 9.78 Å². The number of anilines is 2. The molecule has 8 nitrogen and oxygen atoms in total. The summed E-state index contributed by atoms with van der Waals surface area (Å²) < 4.78 is 7.47. The molecule has 3 aromatic rings. The van der Waals surface area contributed by atoms with Crippen LogP contribution in [0.1, 0.15) is 19.4 Å². The number of ether oxygens (including phenoxy) is 1. The van der Waals surface area contributed by atoms with Crippen LogP contribution in [0.25, 0.3) is 5.69 Å². The van der Waals surface area contributed by atoms with Crippen molar-refractivity contribution in [3.05, 3.63) is 76.7 Å². The number of hydrogen-bond donors (Lipinski definition) is 0. The number of para-hydroxylation sites is 1. The van der Waals surface area contributed by atoms with Gasteiger partial charge in [0, 0.05) is 64.6 Å². The fourth-order valence-corrected chi connectivity index (χ4v) is 5.04. The van der Waals surface area contributed by atoms with E-state index in [1.807, 2.05) is 44.2 Å². The van der Waals surface area contributed by atoms with Crippen molar-refractivity contribution in [3.8, 4) is 11.4 Å². The molecule has 0 aliphatic carbocycles. The molecule has 5 rings (SSSR count). The lowest BCUT2D eigenvalue weighted by atomic mass is 10.1. The van der Waals surface area contributed by atoms with Gasteiger partial charge in [0.15, 0.2) is 0 Å². The first-order chi connectivity index (χ1) is 18.0. The van der Waals surface area contributed by atoms with E-state index in [0.717, 1.165) is 70.3 Å². The molecule has 8 heteroatoms. The van der Waals surface area contributed by atoms with Crippen molar-refractivity contribution in [1.29, 1.82) is 0 Å². The van der Waals surface area contributed by atoms with Crippen LogP contribution in [0.5, 0.6) is 5.75 Å². The Hall–Kier alpha value is -3.36. The summed E-state index contributed by atoms with van der Waals surface area (Å²) in [6, 6.07) is 18.5. The summed E-state index contributed by atoms with van der Waals surface area (Å²) in [6.07, 6.45) is 1.67. The Labute approximate surface area is 219 Å². The number of piperazine rings is 2. The third kappa shape index (κ3) is 5.97. The molecule has 0 bridgehead atoms. The molecule has 196 valence electrons. The second kappa shape index (κ2) is 11.4. The molecule has 1 aromatic heterocycles. The normalized spacial score (nSPS) is 17.4. The zero-order valence-corrected chi connectivity index (χ0v) is 22.2. The minimum atomic E-state index is -0.222. The average Bonchev–Trinajstić information content (AvgIpc) is 2.92. The van der Waals surface area contributed by atoms with E-state index in [0.29, 0.717) is 5.75 Å². The van der Waals surface area contributed by atoms with Gasteiger partial charge in [0.2, 0.25) is 5.75 Å². The van der Waals surface area contributed by atoms with E-state index >= 15 is 0 Å². The Morgan fingerprint density at radius 1 is 0.811 bits per heavy atom. The molecule has 2 aliphatic heterocycles. The standard InChI is InChI=1S/C29H38N6O2/c1-23(2)37-28-27(21-30-35(29(28)36)26-7-5-4-6-8-26)34-19-15-32(16-20-34)22-24-9-11-25(12-10-24)33-17-13-31(3)14-18-33/h4-12,21,23H,13-20,22H2,1-3H3. The SMILES string of the molecule is CC(C)Oc1c(N2CCN(Cc3ccc(N4CCN(C)CC4)cc3)CC2)cnn(-c2ccccc2)c1=O. The van der Waals surface area contributed by atoms with Gasteiger partial charge in [-0.15, -0.1) is 0 Å². The molecule has 2 saturated heterocycles. The average molecular weight is 503 g/mol. The van der Waals surface area contributed by atoms with Gasteiger partial charge in [-0.3, -0.25) is 9.69 Å². The topological polar surface area (TPSA) is 57.1 Å². The Bertz CT molecular complexity index is 1210. The summed E-state index contributed by atoms with van der Waals surface area (Å²) in [6.45, 7) is 12.7. The second-order valence-corrected chi connectivity index (χ2v) is 10.3. The van der Waals surface area contributed by atoms with Gasteiger partial charge in [-0.1, -0.05) is 30.3 Å². The number of nitrogens with zero attached hydrogens (tertiary/aromatic N) is 6. The number of likely N-dealkylation sites (N-methyl/N-ethyl adjacent to an activating group) is 1. The Kier molecular flexibility index (Phi) is 7.76. The van der Waals surface area contributed by atoms with Gasteiger partial charge in [0.1, 0.15) is 5.69 Å². The van der Waals surface area contributed by atoms with Crippen LogP contribution in [0.2, 0.25) is 0 Å². The van der Waals surface area contributed by atoms with Crippen LogP contribution in [-0.4, -0.2) is 85.1 Å². The van der Waals surface area contributed by atoms with Crippen molar-refractivity contribution in [1.82, 2.24) is 19.6 Å². The van der Waals surface area contributed by atoms with Crippen molar-refractivity contribution in [2.24, 2.45) is 0 Å². The quantitative estimate of drug-likeness (QED) is 0.492. The lowest BCUT2D eigenvalue weighted by molar-refractivity contribution is 0.231. The van der Waals surface area contributed by atoms with E-state index in [9.17, 15) is 4.79 Å². The van der Waals surface area contributed by atoms with E-state index < -0.39 is 0 Å². The molecule has 0 saturated carbocycles. The molecule has 0 N–H and O–H groups in total. The van der Waals surface area contributed by atoms with E-state index in [2.05, 4.69) is 56.0 Å². The molecule has 0 unspecified atom stereocenters. The lowest BCUT2D eigenvalue weighted by Crippen LogP contribution is -2.46. The molecule has 37 heavy (non-hydrogen) atoms. The summed E-state index contributed by atoms with van der Waals surface area (Å²) in [5.74, 6) is 0.377. The third-order valence-corrected chi connectivity index (χ3v) is 7.19. The van der Waals surface area contributed by atoms with Crippen molar-refractivity contribution in [3.63, 3.8) is 0 Å². The van der Waals surface area contributed by atoms with E-state index in [4.69, 9.17) is 4.74 Å². The van der Waals surface area contributed by atoms with Crippen LogP contribution in [0.4, 0.5) is 11.4 Å². The predicted molar refractivity (Wildman–Crippen MR) is 149 cm³/mol. The molecule has 2 fully saturated rings. The summed E-state index contributed by atoms with van der Waals surface area (Å²) in [5.41, 5.74) is 3.94. The highest BCUT2D eigenvalue weighted by Crippen LogP contribution is 2.27. The van der Waals surface area contributed by atoms with Crippen LogP contribution in [0.15, 0.2) is 65.6 Å². The molecular formula is C29H38N6O2. The minimum Gasteiger partial charge on any atom is -0.483 e. The van der Waals surface area contributed by atoms with Gasteiger partial charge < -0.3 is 19.4 Å². The molecule has 2 aliphatic rings. The molecule has 3 heterocycles. The highest BCUT2D eigenvalue weighted by Gasteiger charge is 2.24. The van der Waals surface area contributed by atoms with E-state index in [-0.39, 0.29) is 11.7 Å². The fraction of sp³-hybridized carbons (Fsp3) is 0.448. The molecular weight excluding hydrogens is 464 g/mol. The van der Waals surface area contributed by atoms with Gasteiger partial charge >= 0.3 is 5.56 Å². The second-order valence-electron chi connectivity index (χ2n) is 10.3. The minimum absolute atomic E-state index is 0.104. The van der Waals surface area contributed by atoms with Gasteiger partial charge in [0.25, 0.3) is 0 Å². The summed E-state index contributed by atoms with van der Waals surface area (Å²) in [5, 5.41) is 4.49. The highest BCUT2D eigenvalue weighted by atomic mass is 16.5. The molecule has 2 aromatic carbocycles. The predicted octanol–water partition coefficient (Wildman–Crippen LogP) is 3.09. The zero-order chi connectivity index (χ0) is 25.8. The molecule has 0 radical (unpaired) electrons. The lowest BCUT2D eigenvalue weighted by Gasteiger charge is -2.36. The molecule has 0 atom stereocenters. The van der Waals surface area contributed by atoms with Crippen LogP contribution in [-0.2, 0) is 6.54 Å². The van der Waals surface area contributed by atoms with Gasteiger partial charge in [-0.25, -0.2) is 0 Å². The van der Waals surface area contributed by atoms with E-state index in [1.54, 1.807) is 6.20 Å². The van der Waals surface area contributed by atoms with Crippen LogP contribution >= 0.6 is 0 Å². The largest absolute Gasteiger partial charge is 0.483 e. The Morgan fingerprint density at radius 3 is 2.11 bits per heavy atom. The van der Waals surface area contributed by atoms with Crippen LogP contribution < -0.4 is 20.1 Å². The maximum atomic E-state index is 13.4. The van der Waals surface area contributed by atoms with Crippen LogP contribution in [0.3, 0.4) is 0 Å². The summed E-state index contributed by atoms with van der Waals surface area (Å²) >= 11 is 0. The first kappa shape index (κ1) is 25.3. The van der Waals surface area contributed by atoms with Gasteiger partial charge in [0.05, 0.1) is 18.0 Å². The van der Waals surface area contributed by atoms with Crippen molar-refractivity contribution in [2.75, 3.05) is 69.2 Å². The first-order valence-corrected chi connectivity index (χ1v) is 13.3. The highest BCUT2D eigenvalue weighted by molar-refractivity contribution is 5.57. The zero-order valence-electron chi connectivity index (χ0n) is 22.2. The Balaban J connectivity index is 1.24. The summed E-state index contributed by atoms with van der Waals surface area (Å²) in [7, 11) is 2.19. The van der Waals surface area contributed by atoms with Gasteiger partial charge in [-0.05, 0) is 50.7 Å². The van der Waals surface area contributed by atoms with Crippen LogP contribution in [0, 0.1) is 0 Å². The van der Waals surface area contributed by atoms with Crippen molar-refractivity contribution in [2.45, 2.75) is 26.5 Å².